The minimum absolute atomic E-state index is 0.00653. The predicted molar refractivity (Wildman–Crippen MR) is 99.6 cm³/mol. The van der Waals surface area contributed by atoms with E-state index in [1.807, 2.05) is 12.1 Å². The molecule has 0 aromatic heterocycles. The number of nitrogens with zero attached hydrogens (tertiary/aromatic N) is 1. The van der Waals surface area contributed by atoms with Crippen molar-refractivity contribution >= 4 is 21.7 Å². The van der Waals surface area contributed by atoms with Gasteiger partial charge in [-0.2, -0.15) is 0 Å². The zero-order valence-electron chi connectivity index (χ0n) is 14.8. The summed E-state index contributed by atoms with van der Waals surface area (Å²) >= 11 is 0. The number of ether oxygens (including phenoxy) is 1. The molecule has 0 radical (unpaired) electrons. The number of anilines is 1. The first kappa shape index (κ1) is 19.2. The van der Waals surface area contributed by atoms with Gasteiger partial charge in [-0.25, -0.2) is 8.42 Å². The Morgan fingerprint density at radius 3 is 2.67 bits per heavy atom. The maximum atomic E-state index is 13.3. The van der Waals surface area contributed by atoms with Gasteiger partial charge in [0.2, 0.25) is 0 Å². The van der Waals surface area contributed by atoms with Crippen LogP contribution >= 0.6 is 0 Å². The molecule has 3 rings (SSSR count). The molecule has 8 heteroatoms. The molecule has 2 aromatic rings. The van der Waals surface area contributed by atoms with E-state index in [-0.39, 0.29) is 35.9 Å². The Morgan fingerprint density at radius 2 is 2.00 bits per heavy atom. The predicted octanol–water partition coefficient (Wildman–Crippen LogP) is 1.68. The van der Waals surface area contributed by atoms with Crippen LogP contribution in [0.2, 0.25) is 0 Å². The third-order valence-corrected chi connectivity index (χ3v) is 6.41. The van der Waals surface area contributed by atoms with E-state index in [4.69, 9.17) is 9.84 Å². The van der Waals surface area contributed by atoms with Crippen molar-refractivity contribution < 1.29 is 28.2 Å². The van der Waals surface area contributed by atoms with Crippen LogP contribution in [0.1, 0.15) is 11.1 Å². The molecule has 0 saturated heterocycles. The van der Waals surface area contributed by atoms with E-state index < -0.39 is 16.0 Å². The lowest BCUT2D eigenvalue weighted by atomic mass is 9.95. The van der Waals surface area contributed by atoms with Crippen molar-refractivity contribution in [3.8, 4) is 5.75 Å². The second kappa shape index (κ2) is 7.58. The van der Waals surface area contributed by atoms with Crippen LogP contribution in [-0.2, 0) is 27.7 Å². The monoisotopic (exact) mass is 391 g/mol. The van der Waals surface area contributed by atoms with Crippen LogP contribution in [0.4, 0.5) is 5.69 Å². The quantitative estimate of drug-likeness (QED) is 0.776. The zero-order valence-corrected chi connectivity index (χ0v) is 15.6. The van der Waals surface area contributed by atoms with E-state index in [9.17, 15) is 18.3 Å². The lowest BCUT2D eigenvalue weighted by molar-refractivity contribution is -0.136. The number of aliphatic carboxylic acids is 1. The third kappa shape index (κ3) is 3.77. The van der Waals surface area contributed by atoms with Gasteiger partial charge in [0.05, 0.1) is 24.1 Å². The van der Waals surface area contributed by atoms with E-state index in [1.54, 1.807) is 12.1 Å². The van der Waals surface area contributed by atoms with Crippen LogP contribution in [0.3, 0.4) is 0 Å². The van der Waals surface area contributed by atoms with Gasteiger partial charge in [-0.1, -0.05) is 18.2 Å². The molecule has 0 saturated carbocycles. The lowest BCUT2D eigenvalue weighted by Gasteiger charge is -2.34. The molecular formula is C19H21NO6S. The van der Waals surface area contributed by atoms with Gasteiger partial charge < -0.3 is 14.9 Å². The molecule has 1 unspecified atom stereocenters. The zero-order chi connectivity index (χ0) is 19.6. The minimum Gasteiger partial charge on any atom is -0.496 e. The fourth-order valence-electron chi connectivity index (χ4n) is 3.33. The van der Waals surface area contributed by atoms with Gasteiger partial charge in [0.15, 0.2) is 0 Å². The number of methoxy groups -OCH3 is 1. The maximum absolute atomic E-state index is 13.3. The fraction of sp³-hybridized carbons (Fsp3) is 0.316. The number of aliphatic hydroxyl groups excluding tert-OH is 1. The summed E-state index contributed by atoms with van der Waals surface area (Å²) in [6.45, 7) is 0.0450. The van der Waals surface area contributed by atoms with Gasteiger partial charge in [-0.15, -0.1) is 0 Å². The Balaban J connectivity index is 2.07. The van der Waals surface area contributed by atoms with Crippen molar-refractivity contribution in [2.75, 3.05) is 24.6 Å². The first-order chi connectivity index (χ1) is 12.9. The highest BCUT2D eigenvalue weighted by atomic mass is 32.2. The van der Waals surface area contributed by atoms with Crippen LogP contribution in [0.25, 0.3) is 0 Å². The largest absolute Gasteiger partial charge is 0.496 e. The summed E-state index contributed by atoms with van der Waals surface area (Å²) in [5, 5.41) is 18.7. The highest BCUT2D eigenvalue weighted by molar-refractivity contribution is 7.92. The standard InChI is InChI=1S/C19H21NO6S/c1-26-18-7-6-16(9-15(18)10-19(22)23)27(24,25)20-11-13(12-21)8-14-4-2-3-5-17(14)20/h2-7,9,13,21H,8,10-12H2,1H3,(H,22,23). The van der Waals surface area contributed by atoms with Crippen LogP contribution in [0.5, 0.6) is 5.75 Å². The second-order valence-corrected chi connectivity index (χ2v) is 8.32. The summed E-state index contributed by atoms with van der Waals surface area (Å²) in [4.78, 5) is 11.1. The molecule has 0 amide bonds. The Morgan fingerprint density at radius 1 is 1.26 bits per heavy atom. The molecule has 1 aliphatic heterocycles. The maximum Gasteiger partial charge on any atom is 0.307 e. The normalized spacial score (nSPS) is 16.7. The number of carboxylic acid groups (broad SMARTS) is 1. The number of para-hydroxylation sites is 1. The number of aliphatic hydroxyl groups is 1. The molecule has 1 aliphatic rings. The summed E-state index contributed by atoms with van der Waals surface area (Å²) in [5.74, 6) is -0.957. The molecular weight excluding hydrogens is 370 g/mol. The summed E-state index contributed by atoms with van der Waals surface area (Å²) in [5.41, 5.74) is 1.72. The van der Waals surface area contributed by atoms with Crippen molar-refractivity contribution in [2.45, 2.75) is 17.7 Å². The summed E-state index contributed by atoms with van der Waals surface area (Å²) in [6.07, 6.45) is 0.258. The molecule has 0 fully saturated rings. The van der Waals surface area contributed by atoms with Crippen molar-refractivity contribution in [1.82, 2.24) is 0 Å². The Kier molecular flexibility index (Phi) is 5.38. The number of hydrogen-bond acceptors (Lipinski definition) is 5. The van der Waals surface area contributed by atoms with Crippen molar-refractivity contribution in [3.63, 3.8) is 0 Å². The van der Waals surface area contributed by atoms with E-state index >= 15 is 0 Å². The number of rotatable bonds is 6. The van der Waals surface area contributed by atoms with E-state index in [0.717, 1.165) is 5.56 Å². The molecule has 2 N–H and O–H groups in total. The van der Waals surface area contributed by atoms with Gasteiger partial charge in [-0.05, 0) is 36.2 Å². The Labute approximate surface area is 157 Å². The molecule has 0 aliphatic carbocycles. The highest BCUT2D eigenvalue weighted by Gasteiger charge is 2.33. The van der Waals surface area contributed by atoms with E-state index in [2.05, 4.69) is 0 Å². The highest BCUT2D eigenvalue weighted by Crippen LogP contribution is 2.35. The molecule has 7 nitrogen and oxygen atoms in total. The summed E-state index contributed by atoms with van der Waals surface area (Å²) in [7, 11) is -2.52. The lowest BCUT2D eigenvalue weighted by Crippen LogP contribution is -2.41. The number of carbonyl (C=O) groups is 1. The average molecular weight is 391 g/mol. The van der Waals surface area contributed by atoms with Crippen LogP contribution in [0.15, 0.2) is 47.4 Å². The number of benzene rings is 2. The minimum atomic E-state index is -3.93. The molecule has 0 spiro atoms. The van der Waals surface area contributed by atoms with Gasteiger partial charge in [0.25, 0.3) is 10.0 Å². The molecule has 1 atom stereocenters. The van der Waals surface area contributed by atoms with Gasteiger partial charge in [0, 0.05) is 24.6 Å². The van der Waals surface area contributed by atoms with Crippen molar-refractivity contribution in [1.29, 1.82) is 0 Å². The molecule has 144 valence electrons. The van der Waals surface area contributed by atoms with Crippen LogP contribution < -0.4 is 9.04 Å². The molecule has 0 bridgehead atoms. The smallest absolute Gasteiger partial charge is 0.307 e. The van der Waals surface area contributed by atoms with E-state index in [1.165, 1.54) is 29.6 Å². The number of fused-ring (bicyclic) bond motifs is 1. The Bertz CT molecular complexity index is 956. The van der Waals surface area contributed by atoms with E-state index in [0.29, 0.717) is 17.9 Å². The Hall–Kier alpha value is -2.58. The second-order valence-electron chi connectivity index (χ2n) is 6.46. The van der Waals surface area contributed by atoms with Crippen LogP contribution in [0, 0.1) is 5.92 Å². The van der Waals surface area contributed by atoms with Crippen molar-refractivity contribution in [3.05, 3.63) is 53.6 Å². The van der Waals surface area contributed by atoms with Crippen molar-refractivity contribution in [2.24, 2.45) is 5.92 Å². The van der Waals surface area contributed by atoms with Gasteiger partial charge in [0.1, 0.15) is 5.75 Å². The average Bonchev–Trinajstić information content (AvgIpc) is 2.66. The summed E-state index contributed by atoms with van der Waals surface area (Å²) < 4.78 is 33.0. The first-order valence-corrected chi connectivity index (χ1v) is 9.91. The molecule has 2 aromatic carbocycles. The third-order valence-electron chi connectivity index (χ3n) is 4.63. The summed E-state index contributed by atoms with van der Waals surface area (Å²) in [6, 6.07) is 11.4. The number of hydrogen-bond donors (Lipinski definition) is 2. The molecule has 27 heavy (non-hydrogen) atoms. The van der Waals surface area contributed by atoms with Crippen LogP contribution in [-0.4, -0.2) is 44.9 Å². The van der Waals surface area contributed by atoms with Gasteiger partial charge in [-0.3, -0.25) is 9.10 Å². The topological polar surface area (TPSA) is 104 Å². The molecule has 1 heterocycles. The number of sulfonamides is 1. The SMILES string of the molecule is COc1ccc(S(=O)(=O)N2CC(CO)Cc3ccccc32)cc1CC(=O)O. The first-order valence-electron chi connectivity index (χ1n) is 8.47. The fourth-order valence-corrected chi connectivity index (χ4v) is 4.96. The number of carboxylic acids is 1. The van der Waals surface area contributed by atoms with Gasteiger partial charge >= 0.3 is 5.97 Å².